The molecular formula is C22H22ClN3O3. The first-order valence-electron chi connectivity index (χ1n) is 9.28. The predicted octanol–water partition coefficient (Wildman–Crippen LogP) is 4.89. The van der Waals surface area contributed by atoms with E-state index in [9.17, 15) is 9.59 Å². The Bertz CT molecular complexity index is 1020. The van der Waals surface area contributed by atoms with Gasteiger partial charge in [-0.15, -0.1) is 0 Å². The van der Waals surface area contributed by atoms with Crippen molar-refractivity contribution in [1.82, 2.24) is 4.98 Å². The number of ether oxygens (including phenoxy) is 1. The summed E-state index contributed by atoms with van der Waals surface area (Å²) in [5.41, 5.74) is 1.90. The van der Waals surface area contributed by atoms with E-state index in [4.69, 9.17) is 16.3 Å². The molecule has 150 valence electrons. The Balaban J connectivity index is 1.56. The van der Waals surface area contributed by atoms with Gasteiger partial charge in [0.15, 0.2) is 6.61 Å². The van der Waals surface area contributed by atoms with E-state index >= 15 is 0 Å². The summed E-state index contributed by atoms with van der Waals surface area (Å²) in [6.45, 7) is 3.81. The van der Waals surface area contributed by atoms with E-state index in [0.29, 0.717) is 40.0 Å². The monoisotopic (exact) mass is 411 g/mol. The smallest absolute Gasteiger partial charge is 0.262 e. The minimum Gasteiger partial charge on any atom is -0.481 e. The van der Waals surface area contributed by atoms with Gasteiger partial charge < -0.3 is 15.4 Å². The number of rotatable bonds is 7. The number of benzene rings is 2. The van der Waals surface area contributed by atoms with Crippen LogP contribution in [0.2, 0.25) is 5.02 Å². The van der Waals surface area contributed by atoms with Crippen molar-refractivity contribution >= 4 is 45.7 Å². The third kappa shape index (κ3) is 5.68. The molecule has 0 saturated heterocycles. The van der Waals surface area contributed by atoms with Crippen molar-refractivity contribution in [1.29, 1.82) is 0 Å². The Hall–Kier alpha value is -3.12. The van der Waals surface area contributed by atoms with Crippen LogP contribution in [0.1, 0.15) is 20.3 Å². The number of nitrogens with zero attached hydrogens (tertiary/aromatic N) is 1. The number of hydrogen-bond acceptors (Lipinski definition) is 4. The number of carbonyl (C=O) groups is 2. The SMILES string of the molecule is CC(C)CC(=O)Nc1ccc(NC(=O)COc2ccc(Cl)c3cccnc23)cc1. The van der Waals surface area contributed by atoms with Gasteiger partial charge >= 0.3 is 0 Å². The lowest BCUT2D eigenvalue weighted by atomic mass is 10.1. The standard InChI is InChI=1S/C22H22ClN3O3/c1-14(2)12-20(27)25-15-5-7-16(8-6-15)26-21(28)13-29-19-10-9-18(23)17-4-3-11-24-22(17)19/h3-11,14H,12-13H2,1-2H3,(H,25,27)(H,26,28). The fourth-order valence-electron chi connectivity index (χ4n) is 2.79. The molecule has 3 aromatic rings. The average Bonchev–Trinajstić information content (AvgIpc) is 2.68. The van der Waals surface area contributed by atoms with Crippen molar-refractivity contribution in [3.8, 4) is 5.75 Å². The molecule has 0 atom stereocenters. The summed E-state index contributed by atoms with van der Waals surface area (Å²) < 4.78 is 5.63. The number of fused-ring (bicyclic) bond motifs is 1. The van der Waals surface area contributed by atoms with Crippen LogP contribution in [-0.4, -0.2) is 23.4 Å². The van der Waals surface area contributed by atoms with E-state index < -0.39 is 0 Å². The highest BCUT2D eigenvalue weighted by Gasteiger charge is 2.10. The first-order chi connectivity index (χ1) is 13.9. The van der Waals surface area contributed by atoms with Gasteiger partial charge in [-0.25, -0.2) is 0 Å². The molecule has 29 heavy (non-hydrogen) atoms. The molecule has 0 radical (unpaired) electrons. The van der Waals surface area contributed by atoms with Gasteiger partial charge in [0.05, 0.1) is 5.02 Å². The van der Waals surface area contributed by atoms with Crippen LogP contribution in [0.4, 0.5) is 11.4 Å². The Morgan fingerprint density at radius 2 is 1.66 bits per heavy atom. The first kappa shape index (κ1) is 20.6. The predicted molar refractivity (Wildman–Crippen MR) is 115 cm³/mol. The van der Waals surface area contributed by atoms with E-state index in [0.717, 1.165) is 5.39 Å². The van der Waals surface area contributed by atoms with Crippen molar-refractivity contribution < 1.29 is 14.3 Å². The van der Waals surface area contributed by atoms with Gasteiger partial charge in [-0.05, 0) is 54.4 Å². The summed E-state index contributed by atoms with van der Waals surface area (Å²) in [6, 6.07) is 14.0. The molecule has 1 aromatic heterocycles. The maximum Gasteiger partial charge on any atom is 0.262 e. The van der Waals surface area contributed by atoms with Crippen molar-refractivity contribution in [2.24, 2.45) is 5.92 Å². The quantitative estimate of drug-likeness (QED) is 0.580. The van der Waals surface area contributed by atoms with Crippen LogP contribution in [0.5, 0.6) is 5.75 Å². The maximum atomic E-state index is 12.2. The van der Waals surface area contributed by atoms with E-state index in [1.165, 1.54) is 0 Å². The highest BCUT2D eigenvalue weighted by Crippen LogP contribution is 2.29. The van der Waals surface area contributed by atoms with Crippen LogP contribution in [0.15, 0.2) is 54.7 Å². The summed E-state index contributed by atoms with van der Waals surface area (Å²) in [6.07, 6.45) is 2.11. The molecule has 0 spiro atoms. The lowest BCUT2D eigenvalue weighted by molar-refractivity contribution is -0.118. The zero-order valence-electron chi connectivity index (χ0n) is 16.2. The Labute approximate surface area is 174 Å². The maximum absolute atomic E-state index is 12.2. The second-order valence-electron chi connectivity index (χ2n) is 7.01. The van der Waals surface area contributed by atoms with Crippen LogP contribution in [0.25, 0.3) is 10.9 Å². The first-order valence-corrected chi connectivity index (χ1v) is 9.66. The van der Waals surface area contributed by atoms with Gasteiger partial charge in [0.25, 0.3) is 5.91 Å². The number of halogens is 1. The number of hydrogen-bond donors (Lipinski definition) is 2. The third-order valence-electron chi connectivity index (χ3n) is 4.08. The lowest BCUT2D eigenvalue weighted by Gasteiger charge is -2.11. The minimum absolute atomic E-state index is 0.0333. The number of nitrogens with one attached hydrogen (secondary N) is 2. The minimum atomic E-state index is -0.305. The molecule has 2 N–H and O–H groups in total. The van der Waals surface area contributed by atoms with Crippen molar-refractivity contribution in [3.63, 3.8) is 0 Å². The summed E-state index contributed by atoms with van der Waals surface area (Å²) in [4.78, 5) is 28.3. The van der Waals surface area contributed by atoms with Crippen molar-refractivity contribution in [2.45, 2.75) is 20.3 Å². The zero-order valence-corrected chi connectivity index (χ0v) is 17.0. The van der Waals surface area contributed by atoms with Gasteiger partial charge in [0.1, 0.15) is 11.3 Å². The molecule has 7 heteroatoms. The molecule has 0 fully saturated rings. The summed E-state index contributed by atoms with van der Waals surface area (Å²) in [7, 11) is 0. The second-order valence-corrected chi connectivity index (χ2v) is 7.41. The number of pyridine rings is 1. The van der Waals surface area contributed by atoms with E-state index in [-0.39, 0.29) is 18.4 Å². The lowest BCUT2D eigenvalue weighted by Crippen LogP contribution is -2.20. The van der Waals surface area contributed by atoms with Crippen LogP contribution >= 0.6 is 11.6 Å². The molecule has 0 aliphatic rings. The second kappa shape index (κ2) is 9.39. The fourth-order valence-corrected chi connectivity index (χ4v) is 3.00. The molecule has 0 bridgehead atoms. The van der Waals surface area contributed by atoms with Crippen LogP contribution < -0.4 is 15.4 Å². The molecule has 6 nitrogen and oxygen atoms in total. The fraction of sp³-hybridized carbons (Fsp3) is 0.227. The van der Waals surface area contributed by atoms with E-state index in [1.807, 2.05) is 19.9 Å². The molecule has 0 aliphatic heterocycles. The highest BCUT2D eigenvalue weighted by molar-refractivity contribution is 6.35. The van der Waals surface area contributed by atoms with Gasteiger partial charge in [0.2, 0.25) is 5.91 Å². The molecule has 0 aliphatic carbocycles. The van der Waals surface area contributed by atoms with E-state index in [2.05, 4.69) is 15.6 Å². The molecule has 0 saturated carbocycles. The average molecular weight is 412 g/mol. The van der Waals surface area contributed by atoms with Gasteiger partial charge in [0, 0.05) is 29.4 Å². The molecule has 0 unspecified atom stereocenters. The number of anilines is 2. The molecule has 1 heterocycles. The summed E-state index contributed by atoms with van der Waals surface area (Å²) in [5, 5.41) is 6.93. The molecule has 2 amide bonds. The highest BCUT2D eigenvalue weighted by atomic mass is 35.5. The molecular weight excluding hydrogens is 390 g/mol. The van der Waals surface area contributed by atoms with Gasteiger partial charge in [-0.1, -0.05) is 25.4 Å². The number of carbonyl (C=O) groups excluding carboxylic acids is 2. The molecule has 3 rings (SSSR count). The number of amides is 2. The van der Waals surface area contributed by atoms with Crippen molar-refractivity contribution in [3.05, 3.63) is 59.8 Å². The van der Waals surface area contributed by atoms with Crippen LogP contribution in [0.3, 0.4) is 0 Å². The van der Waals surface area contributed by atoms with Crippen LogP contribution in [-0.2, 0) is 9.59 Å². The van der Waals surface area contributed by atoms with Crippen LogP contribution in [0, 0.1) is 5.92 Å². The summed E-state index contributed by atoms with van der Waals surface area (Å²) in [5.74, 6) is 0.444. The topological polar surface area (TPSA) is 80.3 Å². The Morgan fingerprint density at radius 3 is 2.31 bits per heavy atom. The normalized spacial score (nSPS) is 10.8. The van der Waals surface area contributed by atoms with Gasteiger partial charge in [-0.3, -0.25) is 14.6 Å². The summed E-state index contributed by atoms with van der Waals surface area (Å²) >= 11 is 6.17. The zero-order chi connectivity index (χ0) is 20.8. The van der Waals surface area contributed by atoms with Crippen molar-refractivity contribution in [2.75, 3.05) is 17.2 Å². The Morgan fingerprint density at radius 1 is 1.00 bits per heavy atom. The third-order valence-corrected chi connectivity index (χ3v) is 4.41. The number of aromatic nitrogens is 1. The van der Waals surface area contributed by atoms with Gasteiger partial charge in [-0.2, -0.15) is 0 Å². The largest absolute Gasteiger partial charge is 0.481 e. The Kier molecular flexibility index (Phi) is 6.67. The van der Waals surface area contributed by atoms with E-state index in [1.54, 1.807) is 48.7 Å². The molecule has 2 aromatic carbocycles.